The van der Waals surface area contributed by atoms with Crippen LogP contribution in [-0.2, 0) is 11.2 Å². The van der Waals surface area contributed by atoms with Gasteiger partial charge in [-0.2, -0.15) is 0 Å². The van der Waals surface area contributed by atoms with Crippen molar-refractivity contribution < 1.29 is 4.79 Å². The molecule has 3 heterocycles. The number of likely N-dealkylation sites (tertiary alicyclic amines) is 1. The molecule has 0 saturated carbocycles. The third-order valence-electron chi connectivity index (χ3n) is 4.76. The first-order chi connectivity index (χ1) is 9.81. The summed E-state index contributed by atoms with van der Waals surface area (Å²) in [4.78, 5) is 17.8. The number of hydrogen-bond donors (Lipinski definition) is 2. The van der Waals surface area contributed by atoms with Gasteiger partial charge in [0.05, 0.1) is 6.42 Å². The van der Waals surface area contributed by atoms with E-state index in [-0.39, 0.29) is 5.91 Å². The second kappa shape index (κ2) is 4.63. The number of para-hydroxylation sites is 1. The van der Waals surface area contributed by atoms with Crippen LogP contribution in [-0.4, -0.2) is 42.0 Å². The minimum absolute atomic E-state index is 0.268. The number of aromatic nitrogens is 1. The molecule has 0 unspecified atom stereocenters. The third kappa shape index (κ3) is 1.91. The van der Waals surface area contributed by atoms with Crippen molar-refractivity contribution in [1.82, 2.24) is 15.2 Å². The van der Waals surface area contributed by atoms with Crippen LogP contribution in [0.1, 0.15) is 5.56 Å². The summed E-state index contributed by atoms with van der Waals surface area (Å²) in [5.74, 6) is 1.60. The smallest absolute Gasteiger partial charge is 0.227 e. The molecule has 2 aromatic rings. The Morgan fingerprint density at radius 2 is 1.95 bits per heavy atom. The highest BCUT2D eigenvalue weighted by Crippen LogP contribution is 2.27. The quantitative estimate of drug-likeness (QED) is 0.865. The number of H-pyrrole nitrogens is 1. The van der Waals surface area contributed by atoms with Gasteiger partial charge in [-0.25, -0.2) is 0 Å². The lowest BCUT2D eigenvalue weighted by Gasteiger charge is -2.17. The summed E-state index contributed by atoms with van der Waals surface area (Å²) < 4.78 is 0. The maximum Gasteiger partial charge on any atom is 0.227 e. The molecule has 0 radical (unpaired) electrons. The molecule has 20 heavy (non-hydrogen) atoms. The van der Waals surface area contributed by atoms with Gasteiger partial charge >= 0.3 is 0 Å². The third-order valence-corrected chi connectivity index (χ3v) is 4.76. The molecule has 104 valence electrons. The molecule has 1 aromatic carbocycles. The molecule has 0 bridgehead atoms. The predicted octanol–water partition coefficient (Wildman–Crippen LogP) is 1.39. The Morgan fingerprint density at radius 3 is 2.75 bits per heavy atom. The topological polar surface area (TPSA) is 48.1 Å². The number of benzene rings is 1. The van der Waals surface area contributed by atoms with Gasteiger partial charge < -0.3 is 15.2 Å². The first-order valence-corrected chi connectivity index (χ1v) is 7.35. The summed E-state index contributed by atoms with van der Waals surface area (Å²) in [6, 6.07) is 8.17. The normalized spacial score (nSPS) is 25.3. The largest absolute Gasteiger partial charge is 0.361 e. The van der Waals surface area contributed by atoms with E-state index in [9.17, 15) is 4.79 Å². The summed E-state index contributed by atoms with van der Waals surface area (Å²) in [5.41, 5.74) is 2.22. The van der Waals surface area contributed by atoms with Crippen LogP contribution in [0, 0.1) is 11.8 Å². The first kappa shape index (κ1) is 12.0. The van der Waals surface area contributed by atoms with Crippen molar-refractivity contribution in [2.75, 3.05) is 26.2 Å². The highest BCUT2D eigenvalue weighted by atomic mass is 16.2. The van der Waals surface area contributed by atoms with Gasteiger partial charge in [0, 0.05) is 43.3 Å². The van der Waals surface area contributed by atoms with E-state index in [1.165, 1.54) is 5.39 Å². The fraction of sp³-hybridized carbons (Fsp3) is 0.438. The van der Waals surface area contributed by atoms with Gasteiger partial charge in [-0.15, -0.1) is 0 Å². The number of carbonyl (C=O) groups excluding carboxylic acids is 1. The first-order valence-electron chi connectivity index (χ1n) is 7.35. The zero-order valence-electron chi connectivity index (χ0n) is 11.4. The molecule has 4 nitrogen and oxygen atoms in total. The minimum atomic E-state index is 0.268. The zero-order valence-corrected chi connectivity index (χ0v) is 11.4. The Bertz CT molecular complexity index is 636. The maximum atomic E-state index is 12.5. The van der Waals surface area contributed by atoms with Gasteiger partial charge in [0.2, 0.25) is 5.91 Å². The Morgan fingerprint density at radius 1 is 1.20 bits per heavy atom. The van der Waals surface area contributed by atoms with Crippen LogP contribution in [0.2, 0.25) is 0 Å². The van der Waals surface area contributed by atoms with E-state index in [2.05, 4.69) is 27.3 Å². The number of rotatable bonds is 2. The van der Waals surface area contributed by atoms with Crippen LogP contribution in [0.25, 0.3) is 10.9 Å². The van der Waals surface area contributed by atoms with Crippen molar-refractivity contribution in [3.63, 3.8) is 0 Å². The van der Waals surface area contributed by atoms with Gasteiger partial charge in [0.25, 0.3) is 0 Å². The van der Waals surface area contributed by atoms with Crippen LogP contribution >= 0.6 is 0 Å². The number of amides is 1. The number of carbonyl (C=O) groups is 1. The predicted molar refractivity (Wildman–Crippen MR) is 78.4 cm³/mol. The van der Waals surface area contributed by atoms with Crippen LogP contribution in [0.15, 0.2) is 30.5 Å². The van der Waals surface area contributed by atoms with E-state index < -0.39 is 0 Å². The number of aromatic amines is 1. The van der Waals surface area contributed by atoms with Crippen LogP contribution in [0.5, 0.6) is 0 Å². The lowest BCUT2D eigenvalue weighted by molar-refractivity contribution is -0.129. The molecule has 2 aliphatic heterocycles. The molecular weight excluding hydrogens is 250 g/mol. The van der Waals surface area contributed by atoms with Crippen molar-refractivity contribution in [3.05, 3.63) is 36.0 Å². The van der Waals surface area contributed by atoms with Gasteiger partial charge in [0.15, 0.2) is 0 Å². The number of nitrogens with one attached hydrogen (secondary N) is 2. The molecular formula is C16H19N3O. The zero-order chi connectivity index (χ0) is 13.5. The van der Waals surface area contributed by atoms with Crippen molar-refractivity contribution in [1.29, 1.82) is 0 Å². The molecule has 4 heteroatoms. The van der Waals surface area contributed by atoms with Crippen molar-refractivity contribution >= 4 is 16.8 Å². The standard InChI is InChI=1S/C16H19N3O/c20-16(19-9-12-6-17-7-13(12)10-19)5-11-8-18-15-4-2-1-3-14(11)15/h1-4,8,12-13,17-18H,5-7,9-10H2/t12-,13+. The highest BCUT2D eigenvalue weighted by Gasteiger charge is 2.37. The number of fused-ring (bicyclic) bond motifs is 2. The van der Waals surface area contributed by atoms with Crippen molar-refractivity contribution in [3.8, 4) is 0 Å². The monoisotopic (exact) mass is 269 g/mol. The maximum absolute atomic E-state index is 12.5. The average molecular weight is 269 g/mol. The van der Waals surface area contributed by atoms with Crippen LogP contribution in [0.4, 0.5) is 0 Å². The summed E-state index contributed by atoms with van der Waals surface area (Å²) in [6.45, 7) is 4.00. The van der Waals surface area contributed by atoms with E-state index in [1.54, 1.807) is 0 Å². The van der Waals surface area contributed by atoms with Gasteiger partial charge in [-0.1, -0.05) is 18.2 Å². The highest BCUT2D eigenvalue weighted by molar-refractivity contribution is 5.89. The van der Waals surface area contributed by atoms with Crippen molar-refractivity contribution in [2.24, 2.45) is 11.8 Å². The molecule has 0 spiro atoms. The number of hydrogen-bond acceptors (Lipinski definition) is 2. The molecule has 1 aromatic heterocycles. The lowest BCUT2D eigenvalue weighted by atomic mass is 10.0. The second-order valence-corrected chi connectivity index (χ2v) is 6.01. The molecule has 4 rings (SSSR count). The Hall–Kier alpha value is -1.81. The van der Waals surface area contributed by atoms with Crippen LogP contribution < -0.4 is 5.32 Å². The van der Waals surface area contributed by atoms with Gasteiger partial charge in [-0.3, -0.25) is 4.79 Å². The SMILES string of the molecule is O=C(Cc1c[nH]c2ccccc12)N1C[C@H]2CNC[C@H]2C1. The molecule has 2 aliphatic rings. The molecule has 2 atom stereocenters. The fourth-order valence-electron chi connectivity index (χ4n) is 3.61. The fourth-order valence-corrected chi connectivity index (χ4v) is 3.61. The van der Waals surface area contributed by atoms with E-state index >= 15 is 0 Å². The molecule has 2 N–H and O–H groups in total. The van der Waals surface area contributed by atoms with Gasteiger partial charge in [-0.05, 0) is 23.5 Å². The van der Waals surface area contributed by atoms with E-state index in [0.29, 0.717) is 18.3 Å². The van der Waals surface area contributed by atoms with E-state index in [1.807, 2.05) is 18.3 Å². The van der Waals surface area contributed by atoms with Crippen molar-refractivity contribution in [2.45, 2.75) is 6.42 Å². The molecule has 2 saturated heterocycles. The van der Waals surface area contributed by atoms with E-state index in [0.717, 1.165) is 37.3 Å². The lowest BCUT2D eigenvalue weighted by Crippen LogP contribution is -2.32. The Kier molecular flexibility index (Phi) is 2.77. The summed E-state index contributed by atoms with van der Waals surface area (Å²) in [7, 11) is 0. The average Bonchev–Trinajstić information content (AvgIpc) is 3.12. The summed E-state index contributed by atoms with van der Waals surface area (Å²) >= 11 is 0. The number of nitrogens with zero attached hydrogens (tertiary/aromatic N) is 1. The molecule has 1 amide bonds. The Labute approximate surface area is 118 Å². The van der Waals surface area contributed by atoms with Gasteiger partial charge in [0.1, 0.15) is 0 Å². The molecule has 0 aliphatic carbocycles. The summed E-state index contributed by atoms with van der Waals surface area (Å²) in [5, 5.41) is 4.58. The van der Waals surface area contributed by atoms with E-state index in [4.69, 9.17) is 0 Å². The molecule has 2 fully saturated rings. The Balaban J connectivity index is 1.50. The minimum Gasteiger partial charge on any atom is -0.361 e. The van der Waals surface area contributed by atoms with Crippen LogP contribution in [0.3, 0.4) is 0 Å². The summed E-state index contributed by atoms with van der Waals surface area (Å²) in [6.07, 6.45) is 2.48. The second-order valence-electron chi connectivity index (χ2n) is 6.01.